The molecule has 0 bridgehead atoms. The van der Waals surface area contributed by atoms with E-state index in [4.69, 9.17) is 0 Å². The summed E-state index contributed by atoms with van der Waals surface area (Å²) < 4.78 is 38.5. The number of nitrogens with zero attached hydrogens (tertiary/aromatic N) is 2. The van der Waals surface area contributed by atoms with Crippen molar-refractivity contribution < 1.29 is 12.8 Å². The van der Waals surface area contributed by atoms with E-state index in [2.05, 4.69) is 15.6 Å². The van der Waals surface area contributed by atoms with E-state index in [9.17, 15) is 12.8 Å². The van der Waals surface area contributed by atoms with Crippen LogP contribution in [0, 0.1) is 5.82 Å². The average Bonchev–Trinajstić information content (AvgIpc) is 2.85. The van der Waals surface area contributed by atoms with E-state index in [1.165, 1.54) is 10.4 Å². The van der Waals surface area contributed by atoms with Crippen LogP contribution in [0.5, 0.6) is 0 Å². The summed E-state index contributed by atoms with van der Waals surface area (Å²) in [5.41, 5.74) is 0.520. The molecule has 0 saturated carbocycles. The van der Waals surface area contributed by atoms with Gasteiger partial charge in [0.25, 0.3) is 0 Å². The van der Waals surface area contributed by atoms with Gasteiger partial charge in [-0.15, -0.1) is 0 Å². The maximum Gasteiger partial charge on any atom is 0.214 e. The van der Waals surface area contributed by atoms with Crippen molar-refractivity contribution >= 4 is 16.0 Å². The zero-order valence-corrected chi connectivity index (χ0v) is 14.1. The molecule has 1 aromatic rings. The van der Waals surface area contributed by atoms with Crippen LogP contribution in [0.25, 0.3) is 0 Å². The highest BCUT2D eigenvalue weighted by Gasteiger charge is 2.27. The molecule has 0 aliphatic carbocycles. The maximum absolute atomic E-state index is 13.6. The van der Waals surface area contributed by atoms with Gasteiger partial charge in [0.15, 0.2) is 5.96 Å². The monoisotopic (exact) mass is 342 g/mol. The Bertz CT molecular complexity index is 649. The van der Waals surface area contributed by atoms with Crippen molar-refractivity contribution in [3.05, 3.63) is 35.6 Å². The maximum atomic E-state index is 13.6. The minimum absolute atomic E-state index is 0.226. The number of halogens is 1. The lowest BCUT2D eigenvalue weighted by molar-refractivity contribution is 0.445. The van der Waals surface area contributed by atoms with E-state index in [1.54, 1.807) is 18.2 Å². The van der Waals surface area contributed by atoms with E-state index in [-0.39, 0.29) is 18.1 Å². The lowest BCUT2D eigenvalue weighted by atomic mass is 10.2. The van der Waals surface area contributed by atoms with E-state index < -0.39 is 10.0 Å². The predicted octanol–water partition coefficient (Wildman–Crippen LogP) is 0.916. The van der Waals surface area contributed by atoms with E-state index in [0.29, 0.717) is 44.1 Å². The van der Waals surface area contributed by atoms with Crippen molar-refractivity contribution in [3.63, 3.8) is 0 Å². The van der Waals surface area contributed by atoms with Crippen molar-refractivity contribution in [3.8, 4) is 0 Å². The van der Waals surface area contributed by atoms with Gasteiger partial charge < -0.3 is 10.6 Å². The highest BCUT2D eigenvalue weighted by Crippen LogP contribution is 2.11. The molecule has 1 aliphatic heterocycles. The Kier molecular flexibility index (Phi) is 6.35. The lowest BCUT2D eigenvalue weighted by Crippen LogP contribution is -2.42. The van der Waals surface area contributed by atoms with Crippen LogP contribution in [-0.4, -0.2) is 50.6 Å². The smallest absolute Gasteiger partial charge is 0.214 e. The molecular formula is C15H23FN4O2S. The van der Waals surface area contributed by atoms with Crippen molar-refractivity contribution in [2.75, 3.05) is 31.9 Å². The van der Waals surface area contributed by atoms with E-state index in [0.717, 1.165) is 0 Å². The summed E-state index contributed by atoms with van der Waals surface area (Å²) in [6.45, 7) is 4.28. The highest BCUT2D eigenvalue weighted by molar-refractivity contribution is 7.89. The fourth-order valence-corrected chi connectivity index (χ4v) is 3.90. The minimum Gasteiger partial charge on any atom is -0.357 e. The average molecular weight is 342 g/mol. The van der Waals surface area contributed by atoms with Gasteiger partial charge in [0.2, 0.25) is 10.0 Å². The summed E-state index contributed by atoms with van der Waals surface area (Å²) in [6, 6.07) is 6.51. The van der Waals surface area contributed by atoms with Crippen LogP contribution in [0.1, 0.15) is 18.9 Å². The Labute approximate surface area is 136 Å². The molecule has 2 rings (SSSR count). The number of rotatable bonds is 6. The van der Waals surface area contributed by atoms with Crippen LogP contribution in [0.3, 0.4) is 0 Å². The number of sulfonamides is 1. The molecule has 2 N–H and O–H groups in total. The van der Waals surface area contributed by atoms with Crippen LogP contribution >= 0.6 is 0 Å². The van der Waals surface area contributed by atoms with E-state index in [1.807, 2.05) is 6.92 Å². The van der Waals surface area contributed by atoms with Gasteiger partial charge in [-0.1, -0.05) is 18.2 Å². The summed E-state index contributed by atoms with van der Waals surface area (Å²) in [4.78, 5) is 4.33. The van der Waals surface area contributed by atoms with Crippen LogP contribution < -0.4 is 10.6 Å². The molecule has 1 aliphatic rings. The van der Waals surface area contributed by atoms with Crippen molar-refractivity contribution in [1.82, 2.24) is 14.9 Å². The third kappa shape index (κ3) is 5.18. The van der Waals surface area contributed by atoms with Crippen LogP contribution in [0.15, 0.2) is 29.3 Å². The molecule has 1 saturated heterocycles. The standard InChI is InChI=1S/C15H23FN4O2S/c1-2-17-15(19-12-13-6-3-4-7-14(13)16)18-8-10-20-9-5-11-23(20,21)22/h3-4,6-7H,2,5,8-12H2,1H3,(H2,17,18,19). The molecule has 1 fully saturated rings. The minimum atomic E-state index is -3.07. The quantitative estimate of drug-likeness (QED) is 0.595. The van der Waals surface area contributed by atoms with Gasteiger partial charge in [-0.05, 0) is 19.4 Å². The molecule has 0 atom stereocenters. The van der Waals surface area contributed by atoms with Gasteiger partial charge in [-0.3, -0.25) is 0 Å². The number of hydrogen-bond acceptors (Lipinski definition) is 3. The molecule has 1 aromatic carbocycles. The fraction of sp³-hybridized carbons (Fsp3) is 0.533. The topological polar surface area (TPSA) is 73.8 Å². The largest absolute Gasteiger partial charge is 0.357 e. The number of nitrogens with one attached hydrogen (secondary N) is 2. The number of guanidine groups is 1. The Morgan fingerprint density at radius 1 is 1.35 bits per heavy atom. The van der Waals surface area contributed by atoms with Gasteiger partial charge in [0.05, 0.1) is 12.3 Å². The summed E-state index contributed by atoms with van der Waals surface area (Å²) in [5, 5.41) is 6.15. The molecule has 0 unspecified atom stereocenters. The molecule has 23 heavy (non-hydrogen) atoms. The Morgan fingerprint density at radius 3 is 2.78 bits per heavy atom. The van der Waals surface area contributed by atoms with Crippen LogP contribution in [0.2, 0.25) is 0 Å². The number of hydrogen-bond donors (Lipinski definition) is 2. The molecule has 0 aromatic heterocycles. The predicted molar refractivity (Wildman–Crippen MR) is 89.2 cm³/mol. The second kappa shape index (κ2) is 8.26. The van der Waals surface area contributed by atoms with Gasteiger partial charge in [-0.2, -0.15) is 0 Å². The molecule has 128 valence electrons. The third-order valence-electron chi connectivity index (χ3n) is 3.57. The van der Waals surface area contributed by atoms with Gasteiger partial charge in [-0.25, -0.2) is 22.1 Å². The van der Waals surface area contributed by atoms with Gasteiger partial charge in [0, 0.05) is 31.7 Å². The highest BCUT2D eigenvalue weighted by atomic mass is 32.2. The zero-order chi connectivity index (χ0) is 16.7. The van der Waals surface area contributed by atoms with Crippen molar-refractivity contribution in [2.24, 2.45) is 4.99 Å². The normalized spacial score (nSPS) is 18.1. The molecule has 1 heterocycles. The Balaban J connectivity index is 1.88. The molecule has 0 amide bonds. The molecule has 0 radical (unpaired) electrons. The summed E-state index contributed by atoms with van der Waals surface area (Å²) in [6.07, 6.45) is 0.684. The first-order chi connectivity index (χ1) is 11.0. The third-order valence-corrected chi connectivity index (χ3v) is 5.52. The Hall–Kier alpha value is -1.67. The fourth-order valence-electron chi connectivity index (χ4n) is 2.37. The van der Waals surface area contributed by atoms with Crippen LogP contribution in [0.4, 0.5) is 4.39 Å². The lowest BCUT2D eigenvalue weighted by Gasteiger charge is -2.16. The summed E-state index contributed by atoms with van der Waals surface area (Å²) >= 11 is 0. The summed E-state index contributed by atoms with van der Waals surface area (Å²) in [7, 11) is -3.07. The van der Waals surface area contributed by atoms with Crippen molar-refractivity contribution in [2.45, 2.75) is 19.9 Å². The molecular weight excluding hydrogens is 319 g/mol. The Morgan fingerprint density at radius 2 is 2.13 bits per heavy atom. The van der Waals surface area contributed by atoms with Crippen LogP contribution in [-0.2, 0) is 16.6 Å². The molecule has 8 heteroatoms. The SMILES string of the molecule is CCNC(=NCc1ccccc1F)NCCN1CCCS1(=O)=O. The number of aliphatic imine (C=N–C) groups is 1. The first-order valence-corrected chi connectivity index (χ1v) is 9.37. The second-order valence-electron chi connectivity index (χ2n) is 5.28. The van der Waals surface area contributed by atoms with Gasteiger partial charge in [0.1, 0.15) is 5.82 Å². The summed E-state index contributed by atoms with van der Waals surface area (Å²) in [5.74, 6) is 0.497. The number of benzene rings is 1. The van der Waals surface area contributed by atoms with Crippen molar-refractivity contribution in [1.29, 1.82) is 0 Å². The zero-order valence-electron chi connectivity index (χ0n) is 13.3. The molecule has 0 spiro atoms. The first-order valence-electron chi connectivity index (χ1n) is 7.76. The van der Waals surface area contributed by atoms with E-state index >= 15 is 0 Å². The first kappa shape index (κ1) is 17.7. The second-order valence-corrected chi connectivity index (χ2v) is 7.37. The van der Waals surface area contributed by atoms with Gasteiger partial charge >= 0.3 is 0 Å². The molecule has 6 nitrogen and oxygen atoms in total.